The van der Waals surface area contributed by atoms with Crippen LogP contribution in [-0.2, 0) is 6.61 Å². The summed E-state index contributed by atoms with van der Waals surface area (Å²) in [5, 5.41) is 19.7. The predicted molar refractivity (Wildman–Crippen MR) is 76.4 cm³/mol. The third-order valence-corrected chi connectivity index (χ3v) is 3.12. The van der Waals surface area contributed by atoms with Gasteiger partial charge in [0.1, 0.15) is 18.4 Å². The van der Waals surface area contributed by atoms with Crippen LogP contribution in [0.25, 0.3) is 0 Å². The standard InChI is InChI=1S/C13H7Cl2N3O3/c14-10-4-9(18(19)20)5-11(15)13(10)21-7-8-2-1-3-17-12(8)6-16/h1-5H,7H2. The number of benzene rings is 1. The van der Waals surface area contributed by atoms with Crippen molar-refractivity contribution in [2.24, 2.45) is 0 Å². The number of hydrogen-bond donors (Lipinski definition) is 0. The number of nitrogens with zero attached hydrogens (tertiary/aromatic N) is 3. The van der Waals surface area contributed by atoms with Gasteiger partial charge in [-0.25, -0.2) is 4.98 Å². The highest BCUT2D eigenvalue weighted by Crippen LogP contribution is 2.37. The van der Waals surface area contributed by atoms with Crippen molar-refractivity contribution in [2.75, 3.05) is 0 Å². The second kappa shape index (κ2) is 6.39. The van der Waals surface area contributed by atoms with Gasteiger partial charge in [0.25, 0.3) is 5.69 Å². The number of halogens is 2. The van der Waals surface area contributed by atoms with Gasteiger partial charge in [-0.3, -0.25) is 10.1 Å². The highest BCUT2D eigenvalue weighted by Gasteiger charge is 2.16. The Balaban J connectivity index is 2.25. The molecule has 0 aliphatic rings. The van der Waals surface area contributed by atoms with Crippen LogP contribution < -0.4 is 4.74 Å². The largest absolute Gasteiger partial charge is 0.486 e. The number of pyridine rings is 1. The lowest BCUT2D eigenvalue weighted by molar-refractivity contribution is -0.384. The first kappa shape index (κ1) is 15.0. The highest BCUT2D eigenvalue weighted by atomic mass is 35.5. The number of nitro benzene ring substituents is 1. The molecule has 0 aliphatic carbocycles. The summed E-state index contributed by atoms with van der Waals surface area (Å²) in [5.41, 5.74) is 0.564. The lowest BCUT2D eigenvalue weighted by atomic mass is 10.2. The zero-order valence-electron chi connectivity index (χ0n) is 10.4. The van der Waals surface area contributed by atoms with E-state index in [0.717, 1.165) is 12.1 Å². The smallest absolute Gasteiger partial charge is 0.272 e. The van der Waals surface area contributed by atoms with E-state index in [4.69, 9.17) is 33.2 Å². The number of nitriles is 1. The van der Waals surface area contributed by atoms with Gasteiger partial charge in [0.05, 0.1) is 15.0 Å². The predicted octanol–water partition coefficient (Wildman–Crippen LogP) is 3.75. The maximum absolute atomic E-state index is 10.7. The SMILES string of the molecule is N#Cc1ncccc1COc1c(Cl)cc([N+](=O)[O-])cc1Cl. The lowest BCUT2D eigenvalue weighted by Crippen LogP contribution is -2.01. The number of rotatable bonds is 4. The van der Waals surface area contributed by atoms with Crippen molar-refractivity contribution in [3.63, 3.8) is 0 Å². The minimum Gasteiger partial charge on any atom is -0.486 e. The summed E-state index contributed by atoms with van der Waals surface area (Å²) in [4.78, 5) is 14.0. The molecular weight excluding hydrogens is 317 g/mol. The van der Waals surface area contributed by atoms with Gasteiger partial charge < -0.3 is 4.74 Å². The van der Waals surface area contributed by atoms with E-state index in [1.165, 1.54) is 6.20 Å². The Labute approximate surface area is 129 Å². The van der Waals surface area contributed by atoms with Crippen LogP contribution in [0, 0.1) is 21.4 Å². The molecule has 0 bridgehead atoms. The van der Waals surface area contributed by atoms with Gasteiger partial charge in [-0.1, -0.05) is 29.3 Å². The molecule has 0 unspecified atom stereocenters. The van der Waals surface area contributed by atoms with Crippen LogP contribution in [0.3, 0.4) is 0 Å². The summed E-state index contributed by atoms with van der Waals surface area (Å²) in [7, 11) is 0. The minimum absolute atomic E-state index is 0.0218. The van der Waals surface area contributed by atoms with Crippen molar-refractivity contribution in [3.8, 4) is 11.8 Å². The topological polar surface area (TPSA) is 89.0 Å². The number of ether oxygens (including phenoxy) is 1. The number of non-ortho nitro benzene ring substituents is 1. The lowest BCUT2D eigenvalue weighted by Gasteiger charge is -2.10. The zero-order valence-corrected chi connectivity index (χ0v) is 11.9. The Bertz CT molecular complexity index is 721. The molecule has 0 amide bonds. The maximum atomic E-state index is 10.7. The number of nitro groups is 1. The summed E-state index contributed by atoms with van der Waals surface area (Å²) in [6.45, 7) is 0.0218. The van der Waals surface area contributed by atoms with Gasteiger partial charge in [0, 0.05) is 23.9 Å². The Morgan fingerprint density at radius 3 is 2.62 bits per heavy atom. The van der Waals surface area contributed by atoms with Crippen LogP contribution in [0.2, 0.25) is 10.0 Å². The van der Waals surface area contributed by atoms with Crippen molar-refractivity contribution in [3.05, 3.63) is 61.9 Å². The Hall–Kier alpha value is -2.36. The average molecular weight is 324 g/mol. The van der Waals surface area contributed by atoms with E-state index in [2.05, 4.69) is 4.98 Å². The van der Waals surface area contributed by atoms with Crippen LogP contribution in [0.4, 0.5) is 5.69 Å². The first-order valence-electron chi connectivity index (χ1n) is 5.63. The van der Waals surface area contributed by atoms with E-state index >= 15 is 0 Å². The normalized spacial score (nSPS) is 9.95. The van der Waals surface area contributed by atoms with Gasteiger partial charge >= 0.3 is 0 Å². The summed E-state index contributed by atoms with van der Waals surface area (Å²) in [6.07, 6.45) is 1.49. The van der Waals surface area contributed by atoms with Gasteiger partial charge in [-0.15, -0.1) is 0 Å². The molecule has 8 heteroatoms. The highest BCUT2D eigenvalue weighted by molar-refractivity contribution is 6.37. The molecule has 2 rings (SSSR count). The molecule has 0 atom stereocenters. The molecule has 2 aromatic rings. The van der Waals surface area contributed by atoms with Crippen LogP contribution in [0.1, 0.15) is 11.3 Å². The Morgan fingerprint density at radius 1 is 1.38 bits per heavy atom. The monoisotopic (exact) mass is 323 g/mol. The van der Waals surface area contributed by atoms with E-state index in [1.807, 2.05) is 6.07 Å². The van der Waals surface area contributed by atoms with Gasteiger partial charge in [0.2, 0.25) is 0 Å². The third-order valence-electron chi connectivity index (χ3n) is 2.56. The minimum atomic E-state index is -0.601. The fourth-order valence-corrected chi connectivity index (χ4v) is 2.18. The van der Waals surface area contributed by atoms with E-state index in [0.29, 0.717) is 5.56 Å². The number of aromatic nitrogens is 1. The first-order valence-corrected chi connectivity index (χ1v) is 6.38. The van der Waals surface area contributed by atoms with E-state index in [9.17, 15) is 10.1 Å². The molecule has 0 aliphatic heterocycles. The maximum Gasteiger partial charge on any atom is 0.272 e. The van der Waals surface area contributed by atoms with Crippen LogP contribution >= 0.6 is 23.2 Å². The van der Waals surface area contributed by atoms with Crippen LogP contribution in [0.5, 0.6) is 5.75 Å². The van der Waals surface area contributed by atoms with Crippen molar-refractivity contribution in [1.82, 2.24) is 4.98 Å². The molecule has 0 fully saturated rings. The molecule has 0 saturated heterocycles. The van der Waals surface area contributed by atoms with Gasteiger partial charge in [0.15, 0.2) is 5.75 Å². The van der Waals surface area contributed by atoms with E-state index in [-0.39, 0.29) is 33.8 Å². The summed E-state index contributed by atoms with van der Waals surface area (Å²) >= 11 is 11.8. The molecule has 21 heavy (non-hydrogen) atoms. The van der Waals surface area contributed by atoms with Gasteiger partial charge in [-0.05, 0) is 6.07 Å². The quantitative estimate of drug-likeness (QED) is 0.631. The molecule has 0 spiro atoms. The summed E-state index contributed by atoms with van der Waals surface area (Å²) in [5.74, 6) is 0.122. The fourth-order valence-electron chi connectivity index (χ4n) is 1.60. The molecule has 0 N–H and O–H groups in total. The fraction of sp³-hybridized carbons (Fsp3) is 0.0769. The van der Waals surface area contributed by atoms with Crippen molar-refractivity contribution in [1.29, 1.82) is 5.26 Å². The van der Waals surface area contributed by atoms with Crippen molar-refractivity contribution < 1.29 is 9.66 Å². The second-order valence-electron chi connectivity index (χ2n) is 3.91. The third kappa shape index (κ3) is 3.40. The zero-order chi connectivity index (χ0) is 15.4. The van der Waals surface area contributed by atoms with Crippen molar-refractivity contribution in [2.45, 2.75) is 6.61 Å². The first-order chi connectivity index (χ1) is 10.0. The molecule has 6 nitrogen and oxygen atoms in total. The number of hydrogen-bond acceptors (Lipinski definition) is 5. The summed E-state index contributed by atoms with van der Waals surface area (Å²) in [6, 6.07) is 7.58. The van der Waals surface area contributed by atoms with E-state index in [1.54, 1.807) is 12.1 Å². The Morgan fingerprint density at radius 2 is 2.05 bits per heavy atom. The molecular formula is C13H7Cl2N3O3. The van der Waals surface area contributed by atoms with Crippen LogP contribution in [0.15, 0.2) is 30.5 Å². The molecule has 1 aromatic heterocycles. The van der Waals surface area contributed by atoms with Crippen LogP contribution in [-0.4, -0.2) is 9.91 Å². The summed E-state index contributed by atoms with van der Waals surface area (Å²) < 4.78 is 5.45. The second-order valence-corrected chi connectivity index (χ2v) is 4.72. The van der Waals surface area contributed by atoms with Crippen molar-refractivity contribution >= 4 is 28.9 Å². The Kier molecular flexibility index (Phi) is 4.58. The van der Waals surface area contributed by atoms with Gasteiger partial charge in [-0.2, -0.15) is 5.26 Å². The molecule has 106 valence electrons. The molecule has 0 radical (unpaired) electrons. The molecule has 0 saturated carbocycles. The molecule has 1 aromatic carbocycles. The molecule has 1 heterocycles. The van der Waals surface area contributed by atoms with E-state index < -0.39 is 4.92 Å². The average Bonchev–Trinajstić information content (AvgIpc) is 2.46.